The highest BCUT2D eigenvalue weighted by Crippen LogP contribution is 2.33. The van der Waals surface area contributed by atoms with Gasteiger partial charge >= 0.3 is 6.03 Å². The minimum absolute atomic E-state index is 0.111. The van der Waals surface area contributed by atoms with Crippen LogP contribution in [0.4, 0.5) is 10.5 Å². The Morgan fingerprint density at radius 3 is 2.33 bits per heavy atom. The van der Waals surface area contributed by atoms with E-state index in [9.17, 15) is 4.79 Å². The number of anilines is 1. The molecule has 0 saturated heterocycles. The van der Waals surface area contributed by atoms with Gasteiger partial charge in [0.1, 0.15) is 0 Å². The number of aryl methyl sites for hydroxylation is 1. The molecule has 2 amide bonds. The number of rotatable bonds is 4. The molecule has 0 spiro atoms. The number of thioether (sulfide) groups is 1. The predicted molar refractivity (Wildman–Crippen MR) is 90.1 cm³/mol. The van der Waals surface area contributed by atoms with Gasteiger partial charge in [-0.1, -0.05) is 20.8 Å². The fourth-order valence-electron chi connectivity index (χ4n) is 1.69. The van der Waals surface area contributed by atoms with E-state index >= 15 is 0 Å². The highest BCUT2D eigenvalue weighted by molar-refractivity contribution is 8.00. The fourth-order valence-corrected chi connectivity index (χ4v) is 2.77. The van der Waals surface area contributed by atoms with Crippen LogP contribution in [-0.4, -0.2) is 28.0 Å². The molecule has 1 rings (SSSR count). The van der Waals surface area contributed by atoms with Crippen LogP contribution in [0.15, 0.2) is 23.1 Å². The number of benzene rings is 1. The van der Waals surface area contributed by atoms with Crippen LogP contribution in [0.1, 0.15) is 40.2 Å². The lowest BCUT2D eigenvalue weighted by Gasteiger charge is -2.24. The van der Waals surface area contributed by atoms with Crippen LogP contribution < -0.4 is 10.6 Å². The number of nitrogens with one attached hydrogen (secondary N) is 2. The summed E-state index contributed by atoms with van der Waals surface area (Å²) in [6.07, 6.45) is 0. The van der Waals surface area contributed by atoms with E-state index in [1.54, 1.807) is 25.6 Å². The number of aliphatic hydroxyl groups is 1. The number of hydrogen-bond acceptors (Lipinski definition) is 3. The van der Waals surface area contributed by atoms with Crippen LogP contribution in [0, 0.1) is 6.92 Å². The first-order valence-corrected chi connectivity index (χ1v) is 7.84. The maximum Gasteiger partial charge on any atom is 0.319 e. The first-order valence-electron chi connectivity index (χ1n) is 7.02. The molecule has 0 bridgehead atoms. The standard InChI is InChI=1S/C16H26N2O2S/c1-11-9-12(21-15(2,3)4)7-8-13(11)17-14(20)18-16(5,6)10-19/h7-9,19H,10H2,1-6H3,(H2,17,18,20). The highest BCUT2D eigenvalue weighted by Gasteiger charge is 2.19. The van der Waals surface area contributed by atoms with E-state index in [-0.39, 0.29) is 17.4 Å². The molecule has 0 atom stereocenters. The summed E-state index contributed by atoms with van der Waals surface area (Å²) in [6.45, 7) is 11.9. The van der Waals surface area contributed by atoms with Crippen LogP contribution in [0.2, 0.25) is 0 Å². The van der Waals surface area contributed by atoms with E-state index in [1.807, 2.05) is 19.1 Å². The SMILES string of the molecule is Cc1cc(SC(C)(C)C)ccc1NC(=O)NC(C)(C)CO. The van der Waals surface area contributed by atoms with Crippen LogP contribution in [0.25, 0.3) is 0 Å². The molecule has 1 aromatic carbocycles. The van der Waals surface area contributed by atoms with Gasteiger partial charge in [-0.3, -0.25) is 0 Å². The third-order valence-corrected chi connectivity index (χ3v) is 3.82. The Morgan fingerprint density at radius 1 is 1.24 bits per heavy atom. The van der Waals surface area contributed by atoms with Crippen molar-refractivity contribution in [3.8, 4) is 0 Å². The maximum absolute atomic E-state index is 11.9. The first-order chi connectivity index (χ1) is 9.52. The molecule has 0 aliphatic heterocycles. The zero-order valence-corrected chi connectivity index (χ0v) is 14.5. The van der Waals surface area contributed by atoms with E-state index < -0.39 is 5.54 Å². The minimum atomic E-state index is -0.639. The Labute approximate surface area is 131 Å². The van der Waals surface area contributed by atoms with Gasteiger partial charge in [0.05, 0.1) is 12.1 Å². The van der Waals surface area contributed by atoms with Gasteiger partial charge < -0.3 is 15.7 Å². The average Bonchev–Trinajstić information content (AvgIpc) is 2.30. The van der Waals surface area contributed by atoms with Crippen molar-refractivity contribution in [3.63, 3.8) is 0 Å². The van der Waals surface area contributed by atoms with Gasteiger partial charge in [0.2, 0.25) is 0 Å². The van der Waals surface area contributed by atoms with Crippen molar-refractivity contribution in [1.29, 1.82) is 0 Å². The molecule has 21 heavy (non-hydrogen) atoms. The molecule has 0 fully saturated rings. The Kier molecular flexibility index (Phi) is 5.70. The number of amides is 2. The molecular weight excluding hydrogens is 284 g/mol. The fraction of sp³-hybridized carbons (Fsp3) is 0.562. The monoisotopic (exact) mass is 310 g/mol. The van der Waals surface area contributed by atoms with E-state index in [2.05, 4.69) is 37.5 Å². The van der Waals surface area contributed by atoms with Crippen LogP contribution in [0.5, 0.6) is 0 Å². The molecule has 0 radical (unpaired) electrons. The average molecular weight is 310 g/mol. The van der Waals surface area contributed by atoms with Gasteiger partial charge in [0.25, 0.3) is 0 Å². The van der Waals surface area contributed by atoms with Crippen LogP contribution in [0.3, 0.4) is 0 Å². The third kappa shape index (κ3) is 6.40. The van der Waals surface area contributed by atoms with Crippen molar-refractivity contribution >= 4 is 23.5 Å². The molecule has 118 valence electrons. The molecule has 1 aromatic rings. The van der Waals surface area contributed by atoms with Gasteiger partial charge in [-0.25, -0.2) is 4.79 Å². The summed E-state index contributed by atoms with van der Waals surface area (Å²) in [5.41, 5.74) is 1.15. The Hall–Kier alpha value is -1.20. The van der Waals surface area contributed by atoms with E-state index in [4.69, 9.17) is 5.11 Å². The first kappa shape index (κ1) is 17.9. The van der Waals surface area contributed by atoms with Gasteiger partial charge in [0.15, 0.2) is 0 Å². The topological polar surface area (TPSA) is 61.4 Å². The largest absolute Gasteiger partial charge is 0.394 e. The van der Waals surface area contributed by atoms with E-state index in [1.165, 1.54) is 4.90 Å². The molecule has 5 heteroatoms. The zero-order chi connectivity index (χ0) is 16.3. The van der Waals surface area contributed by atoms with Crippen molar-refractivity contribution in [3.05, 3.63) is 23.8 Å². The summed E-state index contributed by atoms with van der Waals surface area (Å²) in [5.74, 6) is 0. The molecule has 3 N–H and O–H groups in total. The smallest absolute Gasteiger partial charge is 0.319 e. The second-order valence-corrected chi connectivity index (χ2v) is 8.71. The van der Waals surface area contributed by atoms with Crippen molar-refractivity contribution < 1.29 is 9.90 Å². The number of aliphatic hydroxyl groups excluding tert-OH is 1. The molecule has 0 aliphatic carbocycles. The number of hydrogen-bond donors (Lipinski definition) is 3. The second-order valence-electron chi connectivity index (χ2n) is 6.81. The summed E-state index contributed by atoms with van der Waals surface area (Å²) >= 11 is 1.79. The van der Waals surface area contributed by atoms with E-state index in [0.717, 1.165) is 11.3 Å². The molecule has 4 nitrogen and oxygen atoms in total. The van der Waals surface area contributed by atoms with Gasteiger partial charge in [-0.15, -0.1) is 11.8 Å². The summed E-state index contributed by atoms with van der Waals surface area (Å²) in [6, 6.07) is 5.68. The van der Waals surface area contributed by atoms with Crippen molar-refractivity contribution in [2.75, 3.05) is 11.9 Å². The van der Waals surface area contributed by atoms with E-state index in [0.29, 0.717) is 0 Å². The van der Waals surface area contributed by atoms with Crippen molar-refractivity contribution in [2.45, 2.75) is 56.7 Å². The predicted octanol–water partition coefficient (Wildman–Crippen LogP) is 3.78. The molecule has 0 aromatic heterocycles. The van der Waals surface area contributed by atoms with Crippen LogP contribution in [-0.2, 0) is 0 Å². The Morgan fingerprint density at radius 2 is 1.86 bits per heavy atom. The lowest BCUT2D eigenvalue weighted by atomic mass is 10.1. The molecular formula is C16H26N2O2S. The lowest BCUT2D eigenvalue weighted by molar-refractivity contribution is 0.187. The molecule has 0 heterocycles. The minimum Gasteiger partial charge on any atom is -0.394 e. The Balaban J connectivity index is 2.75. The second kappa shape index (κ2) is 6.71. The highest BCUT2D eigenvalue weighted by atomic mass is 32.2. The van der Waals surface area contributed by atoms with Gasteiger partial charge in [-0.2, -0.15) is 0 Å². The van der Waals surface area contributed by atoms with Crippen LogP contribution >= 0.6 is 11.8 Å². The quantitative estimate of drug-likeness (QED) is 0.742. The summed E-state index contributed by atoms with van der Waals surface area (Å²) < 4.78 is 0.157. The van der Waals surface area contributed by atoms with Crippen molar-refractivity contribution in [1.82, 2.24) is 5.32 Å². The Bertz CT molecular complexity index is 507. The normalized spacial score (nSPS) is 12.1. The number of carbonyl (C=O) groups excluding carboxylic acids is 1. The summed E-state index contributed by atoms with van der Waals surface area (Å²) in [5, 5.41) is 14.7. The summed E-state index contributed by atoms with van der Waals surface area (Å²) in [7, 11) is 0. The number of urea groups is 1. The lowest BCUT2D eigenvalue weighted by Crippen LogP contribution is -2.48. The molecule has 0 saturated carbocycles. The molecule has 0 aliphatic rings. The maximum atomic E-state index is 11.9. The van der Waals surface area contributed by atoms with Gasteiger partial charge in [-0.05, 0) is 44.5 Å². The molecule has 0 unspecified atom stereocenters. The van der Waals surface area contributed by atoms with Crippen molar-refractivity contribution in [2.24, 2.45) is 0 Å². The zero-order valence-electron chi connectivity index (χ0n) is 13.7. The number of carbonyl (C=O) groups is 1. The third-order valence-electron chi connectivity index (χ3n) is 2.72. The van der Waals surface area contributed by atoms with Gasteiger partial charge in [0, 0.05) is 15.3 Å². The summed E-state index contributed by atoms with van der Waals surface area (Å²) in [4.78, 5) is 13.1.